The number of esters is 4. The van der Waals surface area contributed by atoms with Gasteiger partial charge < -0.3 is 28.4 Å². The molecular formula is C21H26O10. The van der Waals surface area contributed by atoms with Crippen LogP contribution in [-0.4, -0.2) is 61.2 Å². The first-order valence-electron chi connectivity index (χ1n) is 9.60. The van der Waals surface area contributed by atoms with Gasteiger partial charge in [0, 0.05) is 27.7 Å². The highest BCUT2D eigenvalue weighted by Gasteiger charge is 2.53. The van der Waals surface area contributed by atoms with Gasteiger partial charge in [-0.05, 0) is 19.1 Å². The highest BCUT2D eigenvalue weighted by molar-refractivity contribution is 5.68. The van der Waals surface area contributed by atoms with E-state index in [2.05, 4.69) is 0 Å². The average Bonchev–Trinajstić information content (AvgIpc) is 2.65. The smallest absolute Gasteiger partial charge is 0.303 e. The van der Waals surface area contributed by atoms with Crippen molar-refractivity contribution in [2.45, 2.75) is 65.3 Å². The minimum Gasteiger partial charge on any atom is -0.463 e. The molecule has 0 aromatic heterocycles. The number of rotatable bonds is 7. The summed E-state index contributed by atoms with van der Waals surface area (Å²) in [4.78, 5) is 46.6. The van der Waals surface area contributed by atoms with Gasteiger partial charge in [-0.2, -0.15) is 0 Å². The molecule has 0 saturated carbocycles. The maximum absolute atomic E-state index is 11.8. The van der Waals surface area contributed by atoms with E-state index in [-0.39, 0.29) is 6.61 Å². The molecule has 1 aliphatic heterocycles. The molecule has 0 unspecified atom stereocenters. The first-order valence-corrected chi connectivity index (χ1v) is 9.60. The van der Waals surface area contributed by atoms with Crippen molar-refractivity contribution in [3.8, 4) is 5.75 Å². The van der Waals surface area contributed by atoms with E-state index in [1.807, 2.05) is 6.92 Å². The summed E-state index contributed by atoms with van der Waals surface area (Å²) < 4.78 is 32.7. The molecule has 170 valence electrons. The van der Waals surface area contributed by atoms with E-state index in [1.54, 1.807) is 24.3 Å². The summed E-state index contributed by atoms with van der Waals surface area (Å²) in [6, 6.07) is 6.98. The normalized spacial score (nSPS) is 25.1. The SMILES string of the molecule is CC(=O)OC[C@H]1O[C@@H](Oc2ccc(C)cc2)[C@H](OC(C)=O)[C@@H](OC(C)=O)[C@H]1OC(C)=O. The summed E-state index contributed by atoms with van der Waals surface area (Å²) in [5.74, 6) is -2.29. The van der Waals surface area contributed by atoms with Crippen LogP contribution in [0.3, 0.4) is 0 Å². The molecule has 1 aromatic carbocycles. The van der Waals surface area contributed by atoms with Gasteiger partial charge in [-0.15, -0.1) is 0 Å². The Labute approximate surface area is 179 Å². The van der Waals surface area contributed by atoms with Crippen LogP contribution in [0, 0.1) is 6.92 Å². The van der Waals surface area contributed by atoms with Crippen molar-refractivity contribution < 1.29 is 47.6 Å². The predicted octanol–water partition coefficient (Wildman–Crippen LogP) is 1.46. The molecule has 31 heavy (non-hydrogen) atoms. The second-order valence-corrected chi connectivity index (χ2v) is 7.00. The summed E-state index contributed by atoms with van der Waals surface area (Å²) in [5, 5.41) is 0. The van der Waals surface area contributed by atoms with Crippen molar-refractivity contribution >= 4 is 23.9 Å². The molecule has 0 amide bonds. The van der Waals surface area contributed by atoms with Gasteiger partial charge in [0.15, 0.2) is 12.2 Å². The van der Waals surface area contributed by atoms with Crippen LogP contribution >= 0.6 is 0 Å². The van der Waals surface area contributed by atoms with Crippen molar-refractivity contribution in [1.82, 2.24) is 0 Å². The molecule has 0 aliphatic carbocycles. The molecule has 1 saturated heterocycles. The lowest BCUT2D eigenvalue weighted by Gasteiger charge is -2.43. The van der Waals surface area contributed by atoms with Gasteiger partial charge in [0.05, 0.1) is 0 Å². The zero-order valence-electron chi connectivity index (χ0n) is 18.0. The summed E-state index contributed by atoms with van der Waals surface area (Å²) in [7, 11) is 0. The molecule has 1 heterocycles. The van der Waals surface area contributed by atoms with Crippen LogP contribution in [0.1, 0.15) is 33.3 Å². The van der Waals surface area contributed by atoms with E-state index in [0.29, 0.717) is 5.75 Å². The van der Waals surface area contributed by atoms with Gasteiger partial charge in [0.1, 0.15) is 18.5 Å². The van der Waals surface area contributed by atoms with Crippen LogP contribution in [0.5, 0.6) is 5.75 Å². The molecular weight excluding hydrogens is 412 g/mol. The van der Waals surface area contributed by atoms with Crippen molar-refractivity contribution in [3.63, 3.8) is 0 Å². The van der Waals surface area contributed by atoms with E-state index in [9.17, 15) is 19.2 Å². The fraction of sp³-hybridized carbons (Fsp3) is 0.524. The highest BCUT2D eigenvalue weighted by Crippen LogP contribution is 2.31. The third kappa shape index (κ3) is 7.25. The minimum atomic E-state index is -1.27. The van der Waals surface area contributed by atoms with Gasteiger partial charge in [0.25, 0.3) is 0 Å². The van der Waals surface area contributed by atoms with Crippen LogP contribution in [0.2, 0.25) is 0 Å². The number of carbonyl (C=O) groups is 4. The number of carbonyl (C=O) groups excluding carboxylic acids is 4. The van der Waals surface area contributed by atoms with Gasteiger partial charge in [-0.25, -0.2) is 0 Å². The Morgan fingerprint density at radius 3 is 1.81 bits per heavy atom. The average molecular weight is 438 g/mol. The van der Waals surface area contributed by atoms with E-state index < -0.39 is 54.6 Å². The van der Waals surface area contributed by atoms with Gasteiger partial charge >= 0.3 is 23.9 Å². The standard InChI is InChI=1S/C21H26O10/c1-11-6-8-16(9-7-11)30-21-20(29-15(5)25)19(28-14(4)24)18(27-13(3)23)17(31-21)10-26-12(2)22/h6-9,17-21H,10H2,1-5H3/t17-,18+,19+,20-,21-/m1/s1. The molecule has 0 spiro atoms. The van der Waals surface area contributed by atoms with Crippen molar-refractivity contribution in [3.05, 3.63) is 29.8 Å². The Bertz CT molecular complexity index is 803. The van der Waals surface area contributed by atoms with Gasteiger partial charge in [0.2, 0.25) is 12.4 Å². The predicted molar refractivity (Wildman–Crippen MR) is 104 cm³/mol. The lowest BCUT2D eigenvalue weighted by Crippen LogP contribution is -2.63. The van der Waals surface area contributed by atoms with Crippen LogP contribution in [0.25, 0.3) is 0 Å². The van der Waals surface area contributed by atoms with Crippen molar-refractivity contribution in [2.75, 3.05) is 6.61 Å². The minimum absolute atomic E-state index is 0.314. The molecule has 1 aliphatic rings. The number of aryl methyl sites for hydroxylation is 1. The molecule has 10 nitrogen and oxygen atoms in total. The summed E-state index contributed by atoms with van der Waals surface area (Å²) >= 11 is 0. The third-order valence-corrected chi connectivity index (χ3v) is 4.22. The first-order chi connectivity index (χ1) is 14.6. The lowest BCUT2D eigenvalue weighted by molar-refractivity contribution is -0.288. The molecule has 5 atom stereocenters. The second kappa shape index (κ2) is 10.8. The zero-order chi connectivity index (χ0) is 23.1. The summed E-state index contributed by atoms with van der Waals surface area (Å²) in [6.45, 7) is 6.27. The van der Waals surface area contributed by atoms with Crippen molar-refractivity contribution in [2.24, 2.45) is 0 Å². The first kappa shape index (κ1) is 24.1. The van der Waals surface area contributed by atoms with Crippen LogP contribution in [0.15, 0.2) is 24.3 Å². The van der Waals surface area contributed by atoms with Crippen molar-refractivity contribution in [1.29, 1.82) is 0 Å². The molecule has 0 N–H and O–H groups in total. The molecule has 1 fully saturated rings. The Morgan fingerprint density at radius 2 is 1.29 bits per heavy atom. The number of hydrogen-bond donors (Lipinski definition) is 0. The molecule has 2 rings (SSSR count). The topological polar surface area (TPSA) is 124 Å². The fourth-order valence-corrected chi connectivity index (χ4v) is 3.03. The third-order valence-electron chi connectivity index (χ3n) is 4.22. The monoisotopic (exact) mass is 438 g/mol. The maximum Gasteiger partial charge on any atom is 0.303 e. The maximum atomic E-state index is 11.8. The zero-order valence-corrected chi connectivity index (χ0v) is 18.0. The van der Waals surface area contributed by atoms with E-state index >= 15 is 0 Å². The Hall–Kier alpha value is -3.14. The highest BCUT2D eigenvalue weighted by atomic mass is 16.7. The number of hydrogen-bond acceptors (Lipinski definition) is 10. The number of benzene rings is 1. The van der Waals surface area contributed by atoms with E-state index in [0.717, 1.165) is 19.4 Å². The van der Waals surface area contributed by atoms with Crippen LogP contribution < -0.4 is 4.74 Å². The lowest BCUT2D eigenvalue weighted by atomic mass is 9.98. The van der Waals surface area contributed by atoms with Crippen LogP contribution in [0.4, 0.5) is 0 Å². The second-order valence-electron chi connectivity index (χ2n) is 7.00. The van der Waals surface area contributed by atoms with Gasteiger partial charge in [-0.3, -0.25) is 19.2 Å². The Morgan fingerprint density at radius 1 is 0.774 bits per heavy atom. The van der Waals surface area contributed by atoms with Crippen LogP contribution in [-0.2, 0) is 42.9 Å². The van der Waals surface area contributed by atoms with E-state index in [1.165, 1.54) is 13.8 Å². The van der Waals surface area contributed by atoms with Gasteiger partial charge in [-0.1, -0.05) is 17.7 Å². The number of ether oxygens (including phenoxy) is 6. The fourth-order valence-electron chi connectivity index (χ4n) is 3.03. The Kier molecular flexibility index (Phi) is 8.38. The molecule has 10 heteroatoms. The Balaban J connectivity index is 2.43. The molecule has 0 bridgehead atoms. The summed E-state index contributed by atoms with van der Waals surface area (Å²) in [5.41, 5.74) is 0.994. The molecule has 1 aromatic rings. The molecule has 0 radical (unpaired) electrons. The summed E-state index contributed by atoms with van der Waals surface area (Å²) in [6.07, 6.45) is -6.05. The quantitative estimate of drug-likeness (QED) is 0.456. The largest absolute Gasteiger partial charge is 0.463 e. The van der Waals surface area contributed by atoms with E-state index in [4.69, 9.17) is 28.4 Å².